The van der Waals surface area contributed by atoms with E-state index in [0.717, 1.165) is 0 Å². The molecule has 11 heavy (non-hydrogen) atoms. The zero-order chi connectivity index (χ0) is 8.91. The molecule has 0 rings (SSSR count). The first-order valence-corrected chi connectivity index (χ1v) is 3.62. The highest BCUT2D eigenvalue weighted by Crippen LogP contribution is 1.97. The van der Waals surface area contributed by atoms with Gasteiger partial charge in [0.1, 0.15) is 0 Å². The number of carbonyl (C=O) groups is 1. The molecule has 0 unspecified atom stereocenters. The Bertz CT molecular complexity index is 134. The zero-order valence-electron chi connectivity index (χ0n) is 7.08. The summed E-state index contributed by atoms with van der Waals surface area (Å²) in [5.41, 5.74) is 0. The van der Waals surface area contributed by atoms with Gasteiger partial charge in [-0.05, 0) is 0 Å². The summed E-state index contributed by atoms with van der Waals surface area (Å²) in [6.45, 7) is 0.935. The van der Waals surface area contributed by atoms with E-state index in [0.29, 0.717) is 17.4 Å². The number of carboxylic acid groups (broad SMARTS) is 1. The number of nitrogens with zero attached hydrogens (tertiary/aromatic N) is 1. The molecule has 0 aromatic heterocycles. The molecule has 0 aromatic carbocycles. The predicted octanol–water partition coefficient (Wildman–Crippen LogP) is -0.470. The SMILES string of the molecule is C[N+](C)(CCCO)CC(=O)O. The van der Waals surface area contributed by atoms with E-state index in [1.54, 1.807) is 0 Å². The van der Waals surface area contributed by atoms with Gasteiger partial charge in [-0.3, -0.25) is 0 Å². The van der Waals surface area contributed by atoms with Crippen molar-refractivity contribution in [3.63, 3.8) is 0 Å². The first kappa shape index (κ1) is 10.4. The second kappa shape index (κ2) is 4.31. The van der Waals surface area contributed by atoms with E-state index in [4.69, 9.17) is 10.2 Å². The first-order chi connectivity index (χ1) is 4.98. The minimum Gasteiger partial charge on any atom is -0.477 e. The molecule has 0 fully saturated rings. The van der Waals surface area contributed by atoms with Crippen LogP contribution in [-0.4, -0.2) is 54.5 Å². The van der Waals surface area contributed by atoms with Gasteiger partial charge in [0.2, 0.25) is 0 Å². The zero-order valence-corrected chi connectivity index (χ0v) is 7.08. The van der Waals surface area contributed by atoms with Gasteiger partial charge in [-0.25, -0.2) is 4.79 Å². The summed E-state index contributed by atoms with van der Waals surface area (Å²) in [7, 11) is 3.67. The highest BCUT2D eigenvalue weighted by atomic mass is 16.4. The van der Waals surface area contributed by atoms with E-state index in [9.17, 15) is 4.79 Å². The summed E-state index contributed by atoms with van der Waals surface area (Å²) in [4.78, 5) is 10.3. The second-order valence-electron chi connectivity index (χ2n) is 3.29. The standard InChI is InChI=1S/C7H15NO3/c1-8(2,4-3-5-9)6-7(10)11/h9H,3-6H2,1-2H3/p+1. The third-order valence-corrected chi connectivity index (χ3v) is 1.48. The average molecular weight is 162 g/mol. The molecule has 0 bridgehead atoms. The monoisotopic (exact) mass is 162 g/mol. The Balaban J connectivity index is 3.70. The van der Waals surface area contributed by atoms with Crippen LogP contribution < -0.4 is 0 Å². The molecular weight excluding hydrogens is 146 g/mol. The van der Waals surface area contributed by atoms with Crippen LogP contribution in [0.2, 0.25) is 0 Å². The number of hydrogen-bond donors (Lipinski definition) is 2. The van der Waals surface area contributed by atoms with Crippen LogP contribution in [0, 0.1) is 0 Å². The van der Waals surface area contributed by atoms with Gasteiger partial charge in [-0.2, -0.15) is 0 Å². The summed E-state index contributed by atoms with van der Waals surface area (Å²) in [6, 6.07) is 0. The van der Waals surface area contributed by atoms with Crippen LogP contribution in [0.15, 0.2) is 0 Å². The van der Waals surface area contributed by atoms with E-state index in [-0.39, 0.29) is 13.2 Å². The number of aliphatic carboxylic acids is 1. The Kier molecular flexibility index (Phi) is 4.07. The molecule has 0 atom stereocenters. The fraction of sp³-hybridized carbons (Fsp3) is 0.857. The molecule has 0 saturated heterocycles. The number of aliphatic hydroxyl groups excluding tert-OH is 1. The predicted molar refractivity (Wildman–Crippen MR) is 41.2 cm³/mol. The van der Waals surface area contributed by atoms with E-state index in [1.165, 1.54) is 0 Å². The van der Waals surface area contributed by atoms with Crippen LogP contribution >= 0.6 is 0 Å². The van der Waals surface area contributed by atoms with E-state index < -0.39 is 5.97 Å². The lowest BCUT2D eigenvalue weighted by Crippen LogP contribution is -2.44. The van der Waals surface area contributed by atoms with Gasteiger partial charge in [0.25, 0.3) is 0 Å². The van der Waals surface area contributed by atoms with E-state index >= 15 is 0 Å². The van der Waals surface area contributed by atoms with Crippen molar-refractivity contribution >= 4 is 5.97 Å². The highest BCUT2D eigenvalue weighted by molar-refractivity contribution is 5.67. The summed E-state index contributed by atoms with van der Waals surface area (Å²) >= 11 is 0. The van der Waals surface area contributed by atoms with Gasteiger partial charge in [0.05, 0.1) is 20.6 Å². The lowest BCUT2D eigenvalue weighted by molar-refractivity contribution is -0.883. The molecule has 4 nitrogen and oxygen atoms in total. The van der Waals surface area contributed by atoms with Crippen LogP contribution in [0.5, 0.6) is 0 Å². The molecule has 66 valence electrons. The van der Waals surface area contributed by atoms with Gasteiger partial charge >= 0.3 is 5.97 Å². The van der Waals surface area contributed by atoms with E-state index in [1.807, 2.05) is 14.1 Å². The quantitative estimate of drug-likeness (QED) is 0.537. The normalized spacial score (nSPS) is 11.5. The van der Waals surface area contributed by atoms with Crippen LogP contribution in [-0.2, 0) is 4.79 Å². The van der Waals surface area contributed by atoms with Crippen molar-refractivity contribution in [2.24, 2.45) is 0 Å². The van der Waals surface area contributed by atoms with Crippen molar-refractivity contribution in [1.29, 1.82) is 0 Å². The largest absolute Gasteiger partial charge is 0.477 e. The maximum Gasteiger partial charge on any atom is 0.359 e. The third-order valence-electron chi connectivity index (χ3n) is 1.48. The van der Waals surface area contributed by atoms with Crippen LogP contribution in [0.25, 0.3) is 0 Å². The fourth-order valence-corrected chi connectivity index (χ4v) is 0.944. The smallest absolute Gasteiger partial charge is 0.359 e. The Labute approximate surface area is 66.6 Å². The fourth-order valence-electron chi connectivity index (χ4n) is 0.944. The molecule has 0 aliphatic carbocycles. The van der Waals surface area contributed by atoms with Crippen molar-refractivity contribution in [2.75, 3.05) is 33.8 Å². The van der Waals surface area contributed by atoms with Crippen molar-refractivity contribution in [1.82, 2.24) is 0 Å². The third kappa shape index (κ3) is 5.82. The second-order valence-corrected chi connectivity index (χ2v) is 3.29. The number of rotatable bonds is 5. The van der Waals surface area contributed by atoms with Crippen LogP contribution in [0.1, 0.15) is 6.42 Å². The Morgan fingerprint density at radius 2 is 2.00 bits per heavy atom. The minimum absolute atomic E-state index is 0.111. The molecule has 0 radical (unpaired) electrons. The van der Waals surface area contributed by atoms with Crippen LogP contribution in [0.3, 0.4) is 0 Å². The van der Waals surface area contributed by atoms with Crippen molar-refractivity contribution < 1.29 is 19.5 Å². The number of likely N-dealkylation sites (N-methyl/N-ethyl adjacent to an activating group) is 1. The van der Waals surface area contributed by atoms with Gasteiger partial charge in [-0.15, -0.1) is 0 Å². The first-order valence-electron chi connectivity index (χ1n) is 3.62. The maximum absolute atomic E-state index is 10.3. The topological polar surface area (TPSA) is 57.5 Å². The minimum atomic E-state index is -0.798. The lowest BCUT2D eigenvalue weighted by atomic mass is 10.3. The Morgan fingerprint density at radius 3 is 2.36 bits per heavy atom. The number of aliphatic hydroxyl groups is 1. The summed E-state index contributed by atoms with van der Waals surface area (Å²) in [6.07, 6.45) is 0.653. The molecule has 2 N–H and O–H groups in total. The highest BCUT2D eigenvalue weighted by Gasteiger charge is 2.18. The van der Waals surface area contributed by atoms with Crippen LogP contribution in [0.4, 0.5) is 0 Å². The lowest BCUT2D eigenvalue weighted by Gasteiger charge is -2.27. The Morgan fingerprint density at radius 1 is 1.45 bits per heavy atom. The van der Waals surface area contributed by atoms with E-state index in [2.05, 4.69) is 0 Å². The van der Waals surface area contributed by atoms with Crippen molar-refractivity contribution in [2.45, 2.75) is 6.42 Å². The number of quaternary nitrogens is 1. The molecule has 0 amide bonds. The summed E-state index contributed by atoms with van der Waals surface area (Å²) < 4.78 is 0.426. The molecule has 0 aliphatic heterocycles. The molecule has 0 spiro atoms. The number of hydrogen-bond acceptors (Lipinski definition) is 2. The molecule has 0 heterocycles. The average Bonchev–Trinajstić information content (AvgIpc) is 1.81. The Hall–Kier alpha value is -0.610. The molecule has 0 saturated carbocycles. The van der Waals surface area contributed by atoms with Gasteiger partial charge in [0.15, 0.2) is 6.54 Å². The van der Waals surface area contributed by atoms with Crippen molar-refractivity contribution in [3.05, 3.63) is 0 Å². The number of carboxylic acids is 1. The molecular formula is C7H16NO3+. The molecule has 0 aliphatic rings. The summed E-state index contributed by atoms with van der Waals surface area (Å²) in [5, 5.41) is 17.0. The molecule has 4 heteroatoms. The summed E-state index contributed by atoms with van der Waals surface area (Å²) in [5.74, 6) is -0.798. The maximum atomic E-state index is 10.3. The van der Waals surface area contributed by atoms with Crippen molar-refractivity contribution in [3.8, 4) is 0 Å². The van der Waals surface area contributed by atoms with Gasteiger partial charge < -0.3 is 14.7 Å². The van der Waals surface area contributed by atoms with Gasteiger partial charge in [-0.1, -0.05) is 0 Å². The van der Waals surface area contributed by atoms with Gasteiger partial charge in [0, 0.05) is 13.0 Å². The molecule has 0 aromatic rings.